The smallest absolute Gasteiger partial charge is 0.255 e. The van der Waals surface area contributed by atoms with Gasteiger partial charge in [0, 0.05) is 53.4 Å². The zero-order chi connectivity index (χ0) is 27.2. The van der Waals surface area contributed by atoms with Crippen molar-refractivity contribution >= 4 is 40.6 Å². The van der Waals surface area contributed by atoms with Crippen molar-refractivity contribution in [2.75, 3.05) is 42.9 Å². The van der Waals surface area contributed by atoms with Gasteiger partial charge in [0.1, 0.15) is 0 Å². The SMILES string of the molecule is CCCCN1CCN(c2nc(Sc3ccc(NC(=O)c4ccccc4)cc3)nc(-n3cc(C)sc3=N)n2)CC1. The van der Waals surface area contributed by atoms with Gasteiger partial charge in [-0.2, -0.15) is 15.0 Å². The van der Waals surface area contributed by atoms with Crippen molar-refractivity contribution < 1.29 is 4.79 Å². The van der Waals surface area contributed by atoms with E-state index in [0.29, 0.717) is 33.1 Å². The van der Waals surface area contributed by atoms with Crippen LogP contribution in [0, 0.1) is 12.3 Å². The minimum atomic E-state index is -0.146. The minimum absolute atomic E-state index is 0.146. The molecule has 0 saturated carbocycles. The van der Waals surface area contributed by atoms with E-state index in [1.54, 1.807) is 16.7 Å². The molecule has 1 fully saturated rings. The summed E-state index contributed by atoms with van der Waals surface area (Å²) in [6.45, 7) is 9.00. The number of aromatic nitrogens is 4. The third kappa shape index (κ3) is 6.92. The molecule has 0 radical (unpaired) electrons. The summed E-state index contributed by atoms with van der Waals surface area (Å²) in [6, 6.07) is 16.8. The number of hydrogen-bond acceptors (Lipinski definition) is 9. The normalized spacial score (nSPS) is 13.9. The number of piperazine rings is 1. The number of carbonyl (C=O) groups is 1. The van der Waals surface area contributed by atoms with E-state index in [4.69, 9.17) is 20.4 Å². The van der Waals surface area contributed by atoms with Crippen molar-refractivity contribution in [3.63, 3.8) is 0 Å². The van der Waals surface area contributed by atoms with E-state index in [2.05, 4.69) is 22.0 Å². The first kappa shape index (κ1) is 27.0. The number of thiazole rings is 1. The van der Waals surface area contributed by atoms with Crippen LogP contribution in [0.2, 0.25) is 0 Å². The second-order valence-corrected chi connectivity index (χ2v) is 11.6. The van der Waals surface area contributed by atoms with Gasteiger partial charge in [0.05, 0.1) is 0 Å². The minimum Gasteiger partial charge on any atom is -0.338 e. The van der Waals surface area contributed by atoms with Crippen molar-refractivity contribution in [3.05, 3.63) is 76.0 Å². The van der Waals surface area contributed by atoms with Gasteiger partial charge in [0.15, 0.2) is 9.96 Å². The first-order chi connectivity index (χ1) is 19.0. The van der Waals surface area contributed by atoms with Gasteiger partial charge in [0.2, 0.25) is 11.9 Å². The highest BCUT2D eigenvalue weighted by Gasteiger charge is 2.21. The molecule has 1 aliphatic rings. The van der Waals surface area contributed by atoms with Gasteiger partial charge < -0.3 is 10.2 Å². The Kier molecular flexibility index (Phi) is 8.70. The van der Waals surface area contributed by atoms with Crippen molar-refractivity contribution in [3.8, 4) is 5.95 Å². The van der Waals surface area contributed by atoms with Gasteiger partial charge in [0.25, 0.3) is 5.91 Å². The summed E-state index contributed by atoms with van der Waals surface area (Å²) in [5, 5.41) is 11.9. The lowest BCUT2D eigenvalue weighted by Gasteiger charge is -2.34. The fourth-order valence-electron chi connectivity index (χ4n) is 4.31. The summed E-state index contributed by atoms with van der Waals surface area (Å²) in [7, 11) is 0. The number of benzene rings is 2. The molecule has 9 nitrogen and oxygen atoms in total. The van der Waals surface area contributed by atoms with Crippen LogP contribution in [0.1, 0.15) is 35.0 Å². The maximum atomic E-state index is 12.5. The van der Waals surface area contributed by atoms with Crippen molar-refractivity contribution in [1.82, 2.24) is 24.4 Å². The molecule has 0 atom stereocenters. The first-order valence-electron chi connectivity index (χ1n) is 13.1. The van der Waals surface area contributed by atoms with Crippen LogP contribution in [0.4, 0.5) is 11.6 Å². The predicted molar refractivity (Wildman–Crippen MR) is 156 cm³/mol. The summed E-state index contributed by atoms with van der Waals surface area (Å²) in [5.41, 5.74) is 1.33. The number of nitrogens with zero attached hydrogens (tertiary/aromatic N) is 6. The van der Waals surface area contributed by atoms with Crippen LogP contribution in [0.5, 0.6) is 0 Å². The largest absolute Gasteiger partial charge is 0.338 e. The topological polar surface area (TPSA) is 103 Å². The number of rotatable bonds is 9. The van der Waals surface area contributed by atoms with Gasteiger partial charge in [-0.15, -0.1) is 11.3 Å². The van der Waals surface area contributed by atoms with Crippen LogP contribution < -0.4 is 15.0 Å². The molecule has 2 N–H and O–H groups in total. The summed E-state index contributed by atoms with van der Waals surface area (Å²) < 4.78 is 1.72. The maximum Gasteiger partial charge on any atom is 0.255 e. The lowest BCUT2D eigenvalue weighted by molar-refractivity contribution is 0.102. The van der Waals surface area contributed by atoms with Crippen LogP contribution in [0.15, 0.2) is 70.8 Å². The Morgan fingerprint density at radius 2 is 1.72 bits per heavy atom. The highest BCUT2D eigenvalue weighted by molar-refractivity contribution is 7.99. The molecule has 2 aromatic heterocycles. The molecule has 2 aromatic carbocycles. The van der Waals surface area contributed by atoms with E-state index in [-0.39, 0.29) is 5.91 Å². The fourth-order valence-corrected chi connectivity index (χ4v) is 5.74. The van der Waals surface area contributed by atoms with Gasteiger partial charge in [-0.1, -0.05) is 31.5 Å². The summed E-state index contributed by atoms with van der Waals surface area (Å²) >= 11 is 2.84. The zero-order valence-corrected chi connectivity index (χ0v) is 23.8. The highest BCUT2D eigenvalue weighted by atomic mass is 32.2. The molecule has 1 saturated heterocycles. The second-order valence-electron chi connectivity index (χ2n) is 9.36. The molecular weight excluding hydrogens is 528 g/mol. The van der Waals surface area contributed by atoms with Crippen LogP contribution in [0.25, 0.3) is 5.95 Å². The Labute approximate surface area is 236 Å². The van der Waals surface area contributed by atoms with Gasteiger partial charge in [-0.25, -0.2) is 0 Å². The molecule has 0 unspecified atom stereocenters. The summed E-state index contributed by atoms with van der Waals surface area (Å²) in [6.07, 6.45) is 4.31. The summed E-state index contributed by atoms with van der Waals surface area (Å²) in [5.74, 6) is 0.948. The molecule has 1 aliphatic heterocycles. The van der Waals surface area contributed by atoms with Gasteiger partial charge in [-0.3, -0.25) is 19.7 Å². The number of nitrogens with one attached hydrogen (secondary N) is 2. The Morgan fingerprint density at radius 1 is 1.00 bits per heavy atom. The molecule has 0 spiro atoms. The number of amides is 1. The van der Waals surface area contributed by atoms with E-state index in [1.165, 1.54) is 35.9 Å². The Bertz CT molecular complexity index is 1460. The van der Waals surface area contributed by atoms with E-state index in [9.17, 15) is 4.79 Å². The molecular formula is C28H32N8OS2. The van der Waals surface area contributed by atoms with Crippen molar-refractivity contribution in [2.45, 2.75) is 36.7 Å². The first-order valence-corrected chi connectivity index (χ1v) is 14.7. The number of anilines is 2. The molecule has 1 amide bonds. The van der Waals surface area contributed by atoms with Gasteiger partial charge >= 0.3 is 0 Å². The van der Waals surface area contributed by atoms with Crippen LogP contribution in [-0.4, -0.2) is 63.0 Å². The molecule has 0 aliphatic carbocycles. The zero-order valence-electron chi connectivity index (χ0n) is 22.1. The number of aryl methyl sites for hydroxylation is 1. The van der Waals surface area contributed by atoms with E-state index >= 15 is 0 Å². The van der Waals surface area contributed by atoms with E-state index in [0.717, 1.165) is 42.5 Å². The molecule has 39 heavy (non-hydrogen) atoms. The third-order valence-corrected chi connectivity index (χ3v) is 8.12. The van der Waals surface area contributed by atoms with Crippen LogP contribution >= 0.6 is 23.1 Å². The Hall–Kier alpha value is -3.54. The van der Waals surface area contributed by atoms with Crippen molar-refractivity contribution in [2.24, 2.45) is 0 Å². The average molecular weight is 561 g/mol. The third-order valence-electron chi connectivity index (χ3n) is 6.43. The Balaban J connectivity index is 1.35. The second kappa shape index (κ2) is 12.5. The molecule has 11 heteroatoms. The molecule has 4 aromatic rings. The number of unbranched alkanes of at least 4 members (excludes halogenated alkanes) is 1. The predicted octanol–water partition coefficient (Wildman–Crippen LogP) is 4.84. The highest BCUT2D eigenvalue weighted by Crippen LogP contribution is 2.28. The van der Waals surface area contributed by atoms with E-state index < -0.39 is 0 Å². The maximum absolute atomic E-state index is 12.5. The van der Waals surface area contributed by atoms with Crippen molar-refractivity contribution in [1.29, 1.82) is 5.41 Å². The molecule has 5 rings (SSSR count). The molecule has 202 valence electrons. The summed E-state index contributed by atoms with van der Waals surface area (Å²) in [4.78, 5) is 33.8. The monoisotopic (exact) mass is 560 g/mol. The van der Waals surface area contributed by atoms with Crippen LogP contribution in [0.3, 0.4) is 0 Å². The molecule has 3 heterocycles. The van der Waals surface area contributed by atoms with Gasteiger partial charge in [-0.05, 0) is 68.0 Å². The standard InChI is InChI=1S/C28H32N8OS2/c1-3-4-14-34-15-17-35(18-16-34)26-31-27(36-19-20(2)38-25(36)29)33-28(32-26)39-23-12-10-22(11-13-23)30-24(37)21-8-6-5-7-9-21/h5-13,19,29H,3-4,14-18H2,1-2H3,(H,30,37). The van der Waals surface area contributed by atoms with Crippen LogP contribution in [-0.2, 0) is 0 Å². The average Bonchev–Trinajstić information content (AvgIpc) is 3.31. The fraction of sp³-hybridized carbons (Fsp3) is 0.321. The number of carbonyl (C=O) groups excluding carboxylic acids is 1. The lowest BCUT2D eigenvalue weighted by Crippen LogP contribution is -2.47. The lowest BCUT2D eigenvalue weighted by atomic mass is 10.2. The van der Waals surface area contributed by atoms with E-state index in [1.807, 2.05) is 55.6 Å². The Morgan fingerprint density at radius 3 is 2.38 bits per heavy atom. The quantitative estimate of drug-likeness (QED) is 0.302. The molecule has 0 bridgehead atoms. The number of hydrogen-bond donors (Lipinski definition) is 2.